The second-order valence-electron chi connectivity index (χ2n) is 7.49. The van der Waals surface area contributed by atoms with Gasteiger partial charge in [0.2, 0.25) is 0 Å². The summed E-state index contributed by atoms with van der Waals surface area (Å²) in [5, 5.41) is 12.8. The summed E-state index contributed by atoms with van der Waals surface area (Å²) in [7, 11) is 0. The van der Waals surface area contributed by atoms with Gasteiger partial charge in [0, 0.05) is 54.0 Å². The van der Waals surface area contributed by atoms with Gasteiger partial charge in [0.15, 0.2) is 0 Å². The number of hydrogen-bond donors (Lipinski definition) is 2. The van der Waals surface area contributed by atoms with Gasteiger partial charge >= 0.3 is 0 Å². The average molecular weight is 370 g/mol. The normalized spacial score (nSPS) is 19.8. The van der Waals surface area contributed by atoms with Crippen molar-refractivity contribution in [3.8, 4) is 0 Å². The van der Waals surface area contributed by atoms with Gasteiger partial charge in [-0.05, 0) is 30.0 Å². The van der Waals surface area contributed by atoms with E-state index in [1.807, 2.05) is 11.3 Å². The minimum atomic E-state index is 0.224. The highest BCUT2D eigenvalue weighted by Crippen LogP contribution is 2.36. The minimum Gasteiger partial charge on any atom is -0.396 e. The van der Waals surface area contributed by atoms with E-state index in [0.717, 1.165) is 44.0 Å². The molecule has 4 nitrogen and oxygen atoms in total. The predicted molar refractivity (Wildman–Crippen MR) is 109 cm³/mol. The highest BCUT2D eigenvalue weighted by atomic mass is 32.1. The fourth-order valence-corrected chi connectivity index (χ4v) is 4.96. The van der Waals surface area contributed by atoms with Crippen LogP contribution in [0.4, 0.5) is 5.69 Å². The first kappa shape index (κ1) is 17.7. The molecule has 0 amide bonds. The van der Waals surface area contributed by atoms with Gasteiger partial charge < -0.3 is 15.3 Å². The molecule has 0 spiro atoms. The van der Waals surface area contributed by atoms with Crippen LogP contribution in [-0.2, 0) is 6.42 Å². The first-order valence-electron chi connectivity index (χ1n) is 9.54. The highest BCUT2D eigenvalue weighted by molar-refractivity contribution is 7.12. The third-order valence-corrected chi connectivity index (χ3v) is 6.68. The lowest BCUT2D eigenvalue weighted by Gasteiger charge is -2.35. The van der Waals surface area contributed by atoms with Crippen LogP contribution in [0.15, 0.2) is 35.3 Å². The molecule has 26 heavy (non-hydrogen) atoms. The Kier molecular flexibility index (Phi) is 5.11. The van der Waals surface area contributed by atoms with Gasteiger partial charge in [0.1, 0.15) is 5.84 Å². The number of aliphatic hydroxyl groups is 1. The Bertz CT molecular complexity index is 809. The van der Waals surface area contributed by atoms with Crippen molar-refractivity contribution in [2.24, 2.45) is 4.99 Å². The van der Waals surface area contributed by atoms with Gasteiger partial charge in [0.25, 0.3) is 0 Å². The molecule has 2 aromatic rings. The van der Waals surface area contributed by atoms with Crippen molar-refractivity contribution in [2.75, 3.05) is 26.2 Å². The van der Waals surface area contributed by atoms with Crippen molar-refractivity contribution >= 4 is 22.9 Å². The van der Waals surface area contributed by atoms with Crippen molar-refractivity contribution in [3.63, 3.8) is 0 Å². The molecular weight excluding hydrogens is 342 g/mol. The molecule has 2 aliphatic heterocycles. The van der Waals surface area contributed by atoms with E-state index in [0.29, 0.717) is 12.0 Å². The molecule has 0 aliphatic carbocycles. The Morgan fingerprint density at radius 2 is 2.19 bits per heavy atom. The summed E-state index contributed by atoms with van der Waals surface area (Å²) in [6, 6.07) is 11.2. The number of aliphatic hydroxyl groups excluding tert-OH is 1. The van der Waals surface area contributed by atoms with Crippen LogP contribution in [0.2, 0.25) is 0 Å². The number of hydrogen-bond acceptors (Lipinski definition) is 5. The monoisotopic (exact) mass is 369 g/mol. The van der Waals surface area contributed by atoms with E-state index in [-0.39, 0.29) is 6.61 Å². The number of rotatable bonds is 3. The fraction of sp³-hybridized carbons (Fsp3) is 0.476. The minimum absolute atomic E-state index is 0.224. The number of amidine groups is 1. The molecule has 1 aromatic carbocycles. The average Bonchev–Trinajstić information content (AvgIpc) is 2.99. The van der Waals surface area contributed by atoms with Crippen LogP contribution in [-0.4, -0.2) is 48.1 Å². The van der Waals surface area contributed by atoms with Gasteiger partial charge in [-0.25, -0.2) is 4.99 Å². The summed E-state index contributed by atoms with van der Waals surface area (Å²) < 4.78 is 0. The molecule has 2 N–H and O–H groups in total. The molecule has 1 fully saturated rings. The van der Waals surface area contributed by atoms with Gasteiger partial charge in [-0.2, -0.15) is 0 Å². The van der Waals surface area contributed by atoms with E-state index < -0.39 is 0 Å². The molecule has 0 saturated carbocycles. The number of para-hydroxylation sites is 1. The van der Waals surface area contributed by atoms with Crippen molar-refractivity contribution in [3.05, 3.63) is 51.2 Å². The number of piperazine rings is 1. The van der Waals surface area contributed by atoms with Crippen LogP contribution in [0.5, 0.6) is 0 Å². The third-order valence-electron chi connectivity index (χ3n) is 5.24. The van der Waals surface area contributed by atoms with Gasteiger partial charge in [-0.1, -0.05) is 32.0 Å². The third kappa shape index (κ3) is 3.43. The molecule has 0 unspecified atom stereocenters. The maximum absolute atomic E-state index is 9.33. The topological polar surface area (TPSA) is 47.9 Å². The lowest BCUT2D eigenvalue weighted by molar-refractivity contribution is 0.223. The second kappa shape index (κ2) is 7.51. The van der Waals surface area contributed by atoms with E-state index in [4.69, 9.17) is 4.99 Å². The van der Waals surface area contributed by atoms with Crippen molar-refractivity contribution in [2.45, 2.75) is 38.6 Å². The summed E-state index contributed by atoms with van der Waals surface area (Å²) >= 11 is 1.94. The Labute approximate surface area is 159 Å². The summed E-state index contributed by atoms with van der Waals surface area (Å²) in [4.78, 5) is 10.4. The fourth-order valence-electron chi connectivity index (χ4n) is 3.78. The number of aliphatic imine (C=N–C) groups is 1. The highest BCUT2D eigenvalue weighted by Gasteiger charge is 2.27. The molecule has 0 bridgehead atoms. The van der Waals surface area contributed by atoms with Crippen LogP contribution in [0.25, 0.3) is 0 Å². The smallest absolute Gasteiger partial charge is 0.137 e. The maximum atomic E-state index is 9.33. The van der Waals surface area contributed by atoms with Crippen molar-refractivity contribution < 1.29 is 5.11 Å². The van der Waals surface area contributed by atoms with E-state index >= 15 is 0 Å². The number of benzene rings is 1. The van der Waals surface area contributed by atoms with E-state index in [9.17, 15) is 5.11 Å². The molecule has 1 atom stereocenters. The van der Waals surface area contributed by atoms with Gasteiger partial charge in [0.05, 0.1) is 5.69 Å². The Morgan fingerprint density at radius 3 is 3.00 bits per heavy atom. The molecule has 1 aromatic heterocycles. The van der Waals surface area contributed by atoms with Crippen LogP contribution < -0.4 is 5.32 Å². The molecule has 0 radical (unpaired) electrons. The van der Waals surface area contributed by atoms with Crippen molar-refractivity contribution in [1.82, 2.24) is 10.2 Å². The van der Waals surface area contributed by atoms with Crippen LogP contribution in [0, 0.1) is 0 Å². The summed E-state index contributed by atoms with van der Waals surface area (Å²) in [5.41, 5.74) is 3.71. The molecule has 3 heterocycles. The summed E-state index contributed by atoms with van der Waals surface area (Å²) in [6.45, 7) is 7.53. The maximum Gasteiger partial charge on any atom is 0.137 e. The predicted octanol–water partition coefficient (Wildman–Crippen LogP) is 3.51. The van der Waals surface area contributed by atoms with Gasteiger partial charge in [-0.3, -0.25) is 0 Å². The molecule has 5 heteroatoms. The molecule has 4 rings (SSSR count). The largest absolute Gasteiger partial charge is 0.396 e. The zero-order chi connectivity index (χ0) is 18.1. The van der Waals surface area contributed by atoms with Crippen LogP contribution in [0.3, 0.4) is 0 Å². The standard InChI is InChI=1S/C21H27N3OS/c1-14(2)19-12-17-20(26-19)11-15-5-3-4-6-18(15)23-21(17)24-9-8-22-16(13-24)7-10-25/h3-6,12,14,16,22,25H,7-11,13H2,1-2H3/t16-/m0/s1. The zero-order valence-electron chi connectivity index (χ0n) is 15.5. The second-order valence-corrected chi connectivity index (χ2v) is 8.66. The van der Waals surface area contributed by atoms with E-state index in [2.05, 4.69) is 54.4 Å². The van der Waals surface area contributed by atoms with E-state index in [1.165, 1.54) is 20.9 Å². The molecule has 1 saturated heterocycles. The van der Waals surface area contributed by atoms with Crippen LogP contribution >= 0.6 is 11.3 Å². The molecule has 138 valence electrons. The first-order valence-corrected chi connectivity index (χ1v) is 10.4. The quantitative estimate of drug-likeness (QED) is 0.870. The summed E-state index contributed by atoms with van der Waals surface area (Å²) in [5.74, 6) is 1.64. The Hall–Kier alpha value is -1.69. The van der Waals surface area contributed by atoms with E-state index in [1.54, 1.807) is 0 Å². The van der Waals surface area contributed by atoms with Crippen molar-refractivity contribution in [1.29, 1.82) is 0 Å². The SMILES string of the molecule is CC(C)c1cc2c(s1)Cc1ccccc1N=C2N1CCN[C@@H](CCO)C1. The van der Waals surface area contributed by atoms with Gasteiger partial charge in [-0.15, -0.1) is 11.3 Å². The number of fused-ring (bicyclic) bond motifs is 2. The molecular formula is C21H27N3OS. The number of thiophene rings is 1. The zero-order valence-corrected chi connectivity index (χ0v) is 16.4. The van der Waals surface area contributed by atoms with Crippen LogP contribution in [0.1, 0.15) is 47.1 Å². The Balaban J connectivity index is 1.77. The lowest BCUT2D eigenvalue weighted by Crippen LogP contribution is -2.53. The first-order chi connectivity index (χ1) is 12.7. The summed E-state index contributed by atoms with van der Waals surface area (Å²) in [6.07, 6.45) is 1.75. The number of nitrogens with zero attached hydrogens (tertiary/aromatic N) is 2. The lowest BCUT2D eigenvalue weighted by atomic mass is 10.1. The molecule has 2 aliphatic rings. The number of nitrogens with one attached hydrogen (secondary N) is 1. The Morgan fingerprint density at radius 1 is 1.35 bits per heavy atom.